The third-order valence-corrected chi connectivity index (χ3v) is 4.93. The molecule has 8 heteroatoms. The number of piperazine rings is 1. The molecule has 156 valence electrons. The van der Waals surface area contributed by atoms with E-state index >= 15 is 0 Å². The predicted molar refractivity (Wildman–Crippen MR) is 103 cm³/mol. The van der Waals surface area contributed by atoms with E-state index in [2.05, 4.69) is 0 Å². The van der Waals surface area contributed by atoms with E-state index in [0.717, 1.165) is 17.7 Å². The van der Waals surface area contributed by atoms with Crippen LogP contribution in [0, 0.1) is 0 Å². The number of hydrogen-bond acceptors (Lipinski definition) is 4. The topological polar surface area (TPSA) is 42.0 Å². The van der Waals surface area contributed by atoms with Gasteiger partial charge in [-0.2, -0.15) is 13.2 Å². The number of rotatable bonds is 5. The van der Waals surface area contributed by atoms with Crippen LogP contribution in [0.15, 0.2) is 42.5 Å². The van der Waals surface area contributed by atoms with Gasteiger partial charge in [-0.3, -0.25) is 4.79 Å². The molecule has 5 nitrogen and oxygen atoms in total. The number of carbonyl (C=O) groups excluding carboxylic acids is 1. The first-order chi connectivity index (χ1) is 13.8. The minimum atomic E-state index is -4.37. The molecule has 0 spiro atoms. The van der Waals surface area contributed by atoms with Crippen LogP contribution < -0.4 is 9.64 Å². The highest BCUT2D eigenvalue weighted by atomic mass is 19.4. The zero-order valence-corrected chi connectivity index (χ0v) is 16.3. The Labute approximate surface area is 167 Å². The molecule has 29 heavy (non-hydrogen) atoms. The zero-order valence-electron chi connectivity index (χ0n) is 16.3. The summed E-state index contributed by atoms with van der Waals surface area (Å²) < 4.78 is 49.3. The van der Waals surface area contributed by atoms with Crippen molar-refractivity contribution in [2.45, 2.75) is 12.8 Å². The molecule has 0 N–H and O–H groups in total. The largest absolute Gasteiger partial charge is 0.496 e. The van der Waals surface area contributed by atoms with Crippen LogP contribution in [0.25, 0.3) is 0 Å². The monoisotopic (exact) mass is 408 g/mol. The van der Waals surface area contributed by atoms with E-state index in [4.69, 9.17) is 9.47 Å². The highest BCUT2D eigenvalue weighted by Gasteiger charge is 2.31. The minimum Gasteiger partial charge on any atom is -0.496 e. The summed E-state index contributed by atoms with van der Waals surface area (Å²) in [6.45, 7) is 2.12. The van der Waals surface area contributed by atoms with E-state index in [-0.39, 0.29) is 5.91 Å². The number of nitrogens with zero attached hydrogens (tertiary/aromatic N) is 2. The standard InChI is InChI=1S/C21H23F3N2O3/c1-28-14-16-12-15(6-7-19(16)29-2)20(27)26-10-8-25(9-11-26)18-5-3-4-17(13-18)21(22,23)24/h3-7,12-13H,8-11,14H2,1-2H3. The van der Waals surface area contributed by atoms with Gasteiger partial charge < -0.3 is 19.3 Å². The Balaban J connectivity index is 1.68. The fourth-order valence-electron chi connectivity index (χ4n) is 3.41. The van der Waals surface area contributed by atoms with Crippen LogP contribution in [0.5, 0.6) is 5.75 Å². The van der Waals surface area contributed by atoms with Crippen LogP contribution in [0.4, 0.5) is 18.9 Å². The van der Waals surface area contributed by atoms with E-state index in [1.165, 1.54) is 6.07 Å². The average Bonchev–Trinajstić information content (AvgIpc) is 2.73. The number of hydrogen-bond donors (Lipinski definition) is 0. The summed E-state index contributed by atoms with van der Waals surface area (Å²) in [6, 6.07) is 10.5. The Morgan fingerprint density at radius 3 is 2.38 bits per heavy atom. The van der Waals surface area contributed by atoms with Gasteiger partial charge in [-0.15, -0.1) is 0 Å². The maximum atomic E-state index is 12.9. The highest BCUT2D eigenvalue weighted by Crippen LogP contribution is 2.32. The number of ether oxygens (including phenoxy) is 2. The molecule has 0 atom stereocenters. The van der Waals surface area contributed by atoms with Crippen molar-refractivity contribution in [2.24, 2.45) is 0 Å². The van der Waals surface area contributed by atoms with E-state index < -0.39 is 11.7 Å². The molecule has 1 aliphatic heterocycles. The fraction of sp³-hybridized carbons (Fsp3) is 0.381. The first-order valence-electron chi connectivity index (χ1n) is 9.21. The summed E-state index contributed by atoms with van der Waals surface area (Å²) in [6.07, 6.45) is -4.37. The Morgan fingerprint density at radius 2 is 1.76 bits per heavy atom. The molecular formula is C21H23F3N2O3. The quantitative estimate of drug-likeness (QED) is 0.754. The maximum absolute atomic E-state index is 12.9. The zero-order chi connectivity index (χ0) is 21.0. The Hall–Kier alpha value is -2.74. The van der Waals surface area contributed by atoms with E-state index in [0.29, 0.717) is 49.8 Å². The van der Waals surface area contributed by atoms with Gasteiger partial charge in [0.15, 0.2) is 0 Å². The van der Waals surface area contributed by atoms with Crippen LogP contribution in [-0.4, -0.2) is 51.2 Å². The molecule has 1 heterocycles. The number of methoxy groups -OCH3 is 2. The first kappa shape index (κ1) is 21.0. The van der Waals surface area contributed by atoms with Gasteiger partial charge in [-0.1, -0.05) is 6.07 Å². The summed E-state index contributed by atoms with van der Waals surface area (Å²) in [7, 11) is 3.13. The number of alkyl halides is 3. The third-order valence-electron chi connectivity index (χ3n) is 4.93. The highest BCUT2D eigenvalue weighted by molar-refractivity contribution is 5.94. The Kier molecular flexibility index (Phi) is 6.32. The van der Waals surface area contributed by atoms with Crippen molar-refractivity contribution in [1.82, 2.24) is 4.90 Å². The minimum absolute atomic E-state index is 0.117. The van der Waals surface area contributed by atoms with Crippen molar-refractivity contribution in [1.29, 1.82) is 0 Å². The molecule has 1 saturated heterocycles. The molecular weight excluding hydrogens is 385 g/mol. The first-order valence-corrected chi connectivity index (χ1v) is 9.21. The SMILES string of the molecule is COCc1cc(C(=O)N2CCN(c3cccc(C(F)(F)F)c3)CC2)ccc1OC. The van der Waals surface area contributed by atoms with Crippen LogP contribution >= 0.6 is 0 Å². The van der Waals surface area contributed by atoms with Crippen molar-refractivity contribution >= 4 is 11.6 Å². The molecule has 0 unspecified atom stereocenters. The van der Waals surface area contributed by atoms with E-state index in [1.54, 1.807) is 43.4 Å². The predicted octanol–water partition coefficient (Wildman–Crippen LogP) is 3.82. The van der Waals surface area contributed by atoms with Crippen molar-refractivity contribution < 1.29 is 27.4 Å². The molecule has 0 aliphatic carbocycles. The van der Waals surface area contributed by atoms with Crippen LogP contribution in [0.2, 0.25) is 0 Å². The van der Waals surface area contributed by atoms with Gasteiger partial charge in [0.25, 0.3) is 5.91 Å². The van der Waals surface area contributed by atoms with Gasteiger partial charge >= 0.3 is 6.18 Å². The molecule has 1 amide bonds. The van der Waals surface area contributed by atoms with Crippen molar-refractivity contribution in [2.75, 3.05) is 45.3 Å². The molecule has 0 bridgehead atoms. The van der Waals surface area contributed by atoms with Crippen molar-refractivity contribution in [3.63, 3.8) is 0 Å². The summed E-state index contributed by atoms with van der Waals surface area (Å²) >= 11 is 0. The number of benzene rings is 2. The van der Waals surface area contributed by atoms with Crippen molar-refractivity contribution in [3.8, 4) is 5.75 Å². The van der Waals surface area contributed by atoms with Crippen LogP contribution in [0.3, 0.4) is 0 Å². The van der Waals surface area contributed by atoms with Gasteiger partial charge in [0.2, 0.25) is 0 Å². The lowest BCUT2D eigenvalue weighted by atomic mass is 10.1. The van der Waals surface area contributed by atoms with Gasteiger partial charge in [0.05, 0.1) is 19.3 Å². The second-order valence-corrected chi connectivity index (χ2v) is 6.79. The molecule has 2 aromatic carbocycles. The van der Waals surface area contributed by atoms with E-state index in [1.807, 2.05) is 4.90 Å². The molecule has 0 saturated carbocycles. The van der Waals surface area contributed by atoms with Gasteiger partial charge in [0, 0.05) is 50.1 Å². The molecule has 1 aliphatic rings. The normalized spacial score (nSPS) is 14.8. The average molecular weight is 408 g/mol. The van der Waals surface area contributed by atoms with Gasteiger partial charge in [0.1, 0.15) is 5.75 Å². The maximum Gasteiger partial charge on any atom is 0.416 e. The van der Waals surface area contributed by atoms with Crippen LogP contribution in [0.1, 0.15) is 21.5 Å². The molecule has 3 rings (SSSR count). The number of anilines is 1. The molecule has 0 radical (unpaired) electrons. The number of halogens is 3. The number of carbonyl (C=O) groups is 1. The second-order valence-electron chi connectivity index (χ2n) is 6.79. The van der Waals surface area contributed by atoms with Crippen LogP contribution in [-0.2, 0) is 17.5 Å². The number of amides is 1. The van der Waals surface area contributed by atoms with E-state index in [9.17, 15) is 18.0 Å². The lowest BCUT2D eigenvalue weighted by Gasteiger charge is -2.36. The van der Waals surface area contributed by atoms with Crippen molar-refractivity contribution in [3.05, 3.63) is 59.2 Å². The van der Waals surface area contributed by atoms with Gasteiger partial charge in [-0.25, -0.2) is 0 Å². The molecule has 0 aromatic heterocycles. The molecule has 1 fully saturated rings. The second kappa shape index (κ2) is 8.73. The Bertz CT molecular complexity index is 862. The van der Waals surface area contributed by atoms with Gasteiger partial charge in [-0.05, 0) is 36.4 Å². The fourth-order valence-corrected chi connectivity index (χ4v) is 3.41. The molecule has 2 aromatic rings. The lowest BCUT2D eigenvalue weighted by molar-refractivity contribution is -0.137. The summed E-state index contributed by atoms with van der Waals surface area (Å²) in [5, 5.41) is 0. The Morgan fingerprint density at radius 1 is 1.03 bits per heavy atom. The third kappa shape index (κ3) is 4.82. The summed E-state index contributed by atoms with van der Waals surface area (Å²) in [5.74, 6) is 0.534. The lowest BCUT2D eigenvalue weighted by Crippen LogP contribution is -2.48. The smallest absolute Gasteiger partial charge is 0.416 e. The summed E-state index contributed by atoms with van der Waals surface area (Å²) in [4.78, 5) is 16.4. The summed E-state index contributed by atoms with van der Waals surface area (Å²) in [5.41, 5.74) is 1.16.